The quantitative estimate of drug-likeness (QED) is 0.859. The van der Waals surface area contributed by atoms with E-state index in [1.54, 1.807) is 41.3 Å². The van der Waals surface area contributed by atoms with Gasteiger partial charge in [0.2, 0.25) is 0 Å². The van der Waals surface area contributed by atoms with Crippen LogP contribution in [0.25, 0.3) is 0 Å². The second-order valence-electron chi connectivity index (χ2n) is 5.87. The first-order valence-corrected chi connectivity index (χ1v) is 9.58. The largest absolute Gasteiger partial charge is 0.336 e. The van der Waals surface area contributed by atoms with E-state index in [0.29, 0.717) is 24.3 Å². The molecule has 8 heteroatoms. The summed E-state index contributed by atoms with van der Waals surface area (Å²) in [4.78, 5) is 14.4. The molecule has 1 aliphatic rings. The Morgan fingerprint density at radius 2 is 1.58 bits per heavy atom. The monoisotopic (exact) mass is 395 g/mol. The molecule has 6 nitrogen and oxygen atoms in total. The van der Waals surface area contributed by atoms with E-state index in [-0.39, 0.29) is 23.2 Å². The summed E-state index contributed by atoms with van der Waals surface area (Å²) in [5.74, 6) is -0.0677. The minimum atomic E-state index is -3.66. The number of piperazine rings is 1. The Bertz CT molecular complexity index is 836. The van der Waals surface area contributed by atoms with Crippen LogP contribution in [0.15, 0.2) is 59.5 Å². The van der Waals surface area contributed by atoms with Crippen molar-refractivity contribution in [3.63, 3.8) is 0 Å². The fourth-order valence-electron chi connectivity index (χ4n) is 2.75. The van der Waals surface area contributed by atoms with E-state index in [1.165, 1.54) is 23.5 Å². The maximum Gasteiger partial charge on any atom is 0.264 e. The molecule has 140 valence electrons. The number of hydrogen-bond donors (Lipinski definition) is 1. The number of rotatable bonds is 4. The van der Waals surface area contributed by atoms with Crippen LogP contribution >= 0.6 is 12.4 Å². The Balaban J connectivity index is 0.00000243. The van der Waals surface area contributed by atoms with Gasteiger partial charge in [-0.3, -0.25) is 9.10 Å². The normalized spacial score (nSPS) is 14.4. The summed E-state index contributed by atoms with van der Waals surface area (Å²) in [5.41, 5.74) is 1.09. The van der Waals surface area contributed by atoms with Crippen LogP contribution in [0.3, 0.4) is 0 Å². The molecule has 0 saturated carbocycles. The number of amides is 1. The summed E-state index contributed by atoms with van der Waals surface area (Å²) in [6.45, 7) is 2.88. The molecule has 1 heterocycles. The molecule has 1 amide bonds. The summed E-state index contributed by atoms with van der Waals surface area (Å²) >= 11 is 0. The number of halogens is 1. The zero-order valence-corrected chi connectivity index (χ0v) is 16.1. The van der Waals surface area contributed by atoms with E-state index in [0.717, 1.165) is 13.1 Å². The molecule has 1 saturated heterocycles. The van der Waals surface area contributed by atoms with Gasteiger partial charge in [0, 0.05) is 38.8 Å². The van der Waals surface area contributed by atoms with Gasteiger partial charge in [0.15, 0.2) is 0 Å². The van der Waals surface area contributed by atoms with Crippen molar-refractivity contribution >= 4 is 34.0 Å². The lowest BCUT2D eigenvalue weighted by molar-refractivity contribution is 0.0735. The highest BCUT2D eigenvalue weighted by atomic mass is 35.5. The lowest BCUT2D eigenvalue weighted by Gasteiger charge is -2.27. The van der Waals surface area contributed by atoms with Crippen molar-refractivity contribution in [3.05, 3.63) is 60.2 Å². The first-order valence-electron chi connectivity index (χ1n) is 8.14. The number of nitrogens with zero attached hydrogens (tertiary/aromatic N) is 2. The predicted molar refractivity (Wildman–Crippen MR) is 104 cm³/mol. The first-order chi connectivity index (χ1) is 12.0. The molecule has 0 unspecified atom stereocenters. The minimum absolute atomic E-state index is 0. The maximum absolute atomic E-state index is 12.7. The van der Waals surface area contributed by atoms with Crippen LogP contribution in [0.5, 0.6) is 0 Å². The Morgan fingerprint density at radius 3 is 2.15 bits per heavy atom. The van der Waals surface area contributed by atoms with Crippen molar-refractivity contribution in [1.29, 1.82) is 0 Å². The maximum atomic E-state index is 12.7. The average molecular weight is 396 g/mol. The molecular formula is C18H22ClN3O3S. The van der Waals surface area contributed by atoms with Crippen molar-refractivity contribution in [2.75, 3.05) is 37.5 Å². The number of para-hydroxylation sites is 1. The van der Waals surface area contributed by atoms with Gasteiger partial charge in [-0.15, -0.1) is 12.4 Å². The van der Waals surface area contributed by atoms with E-state index in [9.17, 15) is 13.2 Å². The number of benzene rings is 2. The summed E-state index contributed by atoms with van der Waals surface area (Å²) in [5, 5.41) is 3.20. The zero-order chi connectivity index (χ0) is 17.9. The van der Waals surface area contributed by atoms with Crippen LogP contribution < -0.4 is 9.62 Å². The fourth-order valence-corrected chi connectivity index (χ4v) is 3.95. The van der Waals surface area contributed by atoms with Crippen LogP contribution in [0, 0.1) is 0 Å². The van der Waals surface area contributed by atoms with E-state index < -0.39 is 10.0 Å². The third-order valence-electron chi connectivity index (χ3n) is 4.28. The molecule has 1 aliphatic heterocycles. The fraction of sp³-hybridized carbons (Fsp3) is 0.278. The van der Waals surface area contributed by atoms with Gasteiger partial charge < -0.3 is 10.2 Å². The summed E-state index contributed by atoms with van der Waals surface area (Å²) in [6, 6.07) is 15.0. The van der Waals surface area contributed by atoms with E-state index in [2.05, 4.69) is 5.32 Å². The average Bonchev–Trinajstić information content (AvgIpc) is 2.68. The summed E-state index contributed by atoms with van der Waals surface area (Å²) in [7, 11) is -2.14. The van der Waals surface area contributed by atoms with Crippen molar-refractivity contribution < 1.29 is 13.2 Å². The SMILES string of the molecule is CN(c1ccccc1)S(=O)(=O)c1ccc(C(=O)N2CCNCC2)cc1.Cl. The predicted octanol–water partition coefficient (Wildman–Crippen LogP) is 1.98. The van der Waals surface area contributed by atoms with Crippen LogP contribution in [0.1, 0.15) is 10.4 Å². The highest BCUT2D eigenvalue weighted by Gasteiger charge is 2.23. The molecule has 26 heavy (non-hydrogen) atoms. The third kappa shape index (κ3) is 4.17. The molecule has 1 fully saturated rings. The second kappa shape index (κ2) is 8.53. The molecule has 0 aliphatic carbocycles. The third-order valence-corrected chi connectivity index (χ3v) is 6.08. The molecular weight excluding hydrogens is 374 g/mol. The lowest BCUT2D eigenvalue weighted by atomic mass is 10.2. The van der Waals surface area contributed by atoms with Gasteiger partial charge in [0.1, 0.15) is 0 Å². The van der Waals surface area contributed by atoms with Gasteiger partial charge in [-0.1, -0.05) is 18.2 Å². The van der Waals surface area contributed by atoms with Crippen LogP contribution in [-0.2, 0) is 10.0 Å². The highest BCUT2D eigenvalue weighted by Crippen LogP contribution is 2.22. The Morgan fingerprint density at radius 1 is 1.00 bits per heavy atom. The van der Waals surface area contributed by atoms with Crippen LogP contribution in [-0.4, -0.2) is 52.5 Å². The number of sulfonamides is 1. The molecule has 0 spiro atoms. The lowest BCUT2D eigenvalue weighted by Crippen LogP contribution is -2.46. The molecule has 1 N–H and O–H groups in total. The van der Waals surface area contributed by atoms with Gasteiger partial charge in [0.25, 0.3) is 15.9 Å². The number of carbonyl (C=O) groups excluding carboxylic acids is 1. The molecule has 3 rings (SSSR count). The summed E-state index contributed by atoms with van der Waals surface area (Å²) in [6.07, 6.45) is 0. The molecule has 0 atom stereocenters. The van der Waals surface area contributed by atoms with Gasteiger partial charge in [0.05, 0.1) is 10.6 Å². The van der Waals surface area contributed by atoms with E-state index in [1.807, 2.05) is 6.07 Å². The number of hydrogen-bond acceptors (Lipinski definition) is 4. The van der Waals surface area contributed by atoms with E-state index in [4.69, 9.17) is 0 Å². The van der Waals surface area contributed by atoms with Gasteiger partial charge >= 0.3 is 0 Å². The van der Waals surface area contributed by atoms with Gasteiger partial charge in [-0.2, -0.15) is 0 Å². The van der Waals surface area contributed by atoms with Crippen molar-refractivity contribution in [3.8, 4) is 0 Å². The van der Waals surface area contributed by atoms with Crippen molar-refractivity contribution in [1.82, 2.24) is 10.2 Å². The Kier molecular flexibility index (Phi) is 6.63. The number of anilines is 1. The number of nitrogens with one attached hydrogen (secondary N) is 1. The van der Waals surface area contributed by atoms with E-state index >= 15 is 0 Å². The first kappa shape index (κ1) is 20.2. The number of carbonyl (C=O) groups is 1. The standard InChI is InChI=1S/C18H21N3O3S.ClH/c1-20(16-5-3-2-4-6-16)25(23,24)17-9-7-15(8-10-17)18(22)21-13-11-19-12-14-21;/h2-10,19H,11-14H2,1H3;1H. The van der Waals surface area contributed by atoms with Gasteiger partial charge in [-0.05, 0) is 36.4 Å². The van der Waals surface area contributed by atoms with Gasteiger partial charge in [-0.25, -0.2) is 8.42 Å². The Hall–Kier alpha value is -2.09. The topological polar surface area (TPSA) is 69.7 Å². The molecule has 2 aromatic rings. The molecule has 0 aromatic heterocycles. The Labute approximate surface area is 160 Å². The van der Waals surface area contributed by atoms with Crippen molar-refractivity contribution in [2.24, 2.45) is 0 Å². The molecule has 2 aromatic carbocycles. The van der Waals surface area contributed by atoms with Crippen LogP contribution in [0.4, 0.5) is 5.69 Å². The minimum Gasteiger partial charge on any atom is -0.336 e. The molecule has 0 radical (unpaired) electrons. The zero-order valence-electron chi connectivity index (χ0n) is 14.5. The van der Waals surface area contributed by atoms with Crippen LogP contribution in [0.2, 0.25) is 0 Å². The molecule has 0 bridgehead atoms. The second-order valence-corrected chi connectivity index (χ2v) is 7.84. The van der Waals surface area contributed by atoms with Crippen molar-refractivity contribution in [2.45, 2.75) is 4.90 Å². The smallest absolute Gasteiger partial charge is 0.264 e. The highest BCUT2D eigenvalue weighted by molar-refractivity contribution is 7.92. The summed E-state index contributed by atoms with van der Waals surface area (Å²) < 4.78 is 26.7.